The van der Waals surface area contributed by atoms with Crippen LogP contribution in [0.25, 0.3) is 0 Å². The smallest absolute Gasteiger partial charge is 0.182 e. The molecule has 3 N–H and O–H groups in total. The Hall–Kier alpha value is -0.610. The van der Waals surface area contributed by atoms with E-state index < -0.39 is 0 Å². The molecule has 1 heterocycles. The maximum atomic E-state index is 5.93. The highest BCUT2D eigenvalue weighted by Crippen LogP contribution is 2.23. The topological polar surface area (TPSA) is 50.9 Å². The quantitative estimate of drug-likeness (QED) is 0.804. The van der Waals surface area contributed by atoms with Gasteiger partial charge in [0.25, 0.3) is 0 Å². The molecule has 1 aliphatic carbocycles. The molecule has 0 bridgehead atoms. The lowest BCUT2D eigenvalue weighted by molar-refractivity contribution is 0.335. The first-order valence-corrected chi connectivity index (χ1v) is 6.11. The molecule has 3 nitrogen and oxygen atoms in total. The summed E-state index contributed by atoms with van der Waals surface area (Å²) in [5.41, 5.74) is 5.93. The second-order valence-electron chi connectivity index (χ2n) is 4.01. The van der Waals surface area contributed by atoms with Crippen LogP contribution in [-0.4, -0.2) is 17.6 Å². The summed E-state index contributed by atoms with van der Waals surface area (Å²) in [7, 11) is 0. The van der Waals surface area contributed by atoms with Crippen molar-refractivity contribution < 1.29 is 0 Å². The van der Waals surface area contributed by atoms with Gasteiger partial charge in [-0.25, -0.2) is 4.98 Å². The summed E-state index contributed by atoms with van der Waals surface area (Å²) in [5.74, 6) is 0.739. The molecule has 1 fully saturated rings. The van der Waals surface area contributed by atoms with E-state index in [1.54, 1.807) is 11.3 Å². The zero-order valence-electron chi connectivity index (χ0n) is 8.28. The Kier molecular flexibility index (Phi) is 3.37. The first-order chi connectivity index (χ1) is 6.84. The van der Waals surface area contributed by atoms with Crippen molar-refractivity contribution in [1.29, 1.82) is 0 Å². The number of hydrogen-bond donors (Lipinski definition) is 2. The summed E-state index contributed by atoms with van der Waals surface area (Å²) < 4.78 is 0. The summed E-state index contributed by atoms with van der Waals surface area (Å²) in [6.07, 6.45) is 6.79. The third-order valence-electron chi connectivity index (χ3n) is 2.80. The number of thiazole rings is 1. The van der Waals surface area contributed by atoms with Crippen LogP contribution >= 0.6 is 11.3 Å². The van der Waals surface area contributed by atoms with Gasteiger partial charge in [-0.05, 0) is 25.2 Å². The van der Waals surface area contributed by atoms with Crippen molar-refractivity contribution >= 4 is 16.5 Å². The molecular weight excluding hydrogens is 194 g/mol. The molecule has 0 aromatic carbocycles. The fourth-order valence-electron chi connectivity index (χ4n) is 2.06. The number of anilines is 1. The van der Waals surface area contributed by atoms with Crippen molar-refractivity contribution in [2.24, 2.45) is 11.7 Å². The Labute approximate surface area is 88.7 Å². The fraction of sp³-hybridized carbons (Fsp3) is 0.700. The van der Waals surface area contributed by atoms with E-state index in [1.807, 2.05) is 11.6 Å². The van der Waals surface area contributed by atoms with E-state index in [0.717, 1.165) is 17.6 Å². The van der Waals surface area contributed by atoms with Gasteiger partial charge in [-0.2, -0.15) is 0 Å². The Morgan fingerprint density at radius 2 is 2.50 bits per heavy atom. The summed E-state index contributed by atoms with van der Waals surface area (Å²) in [4.78, 5) is 4.20. The SMILES string of the molecule is NC1CCCC(CNc2nccs2)C1. The molecule has 1 saturated carbocycles. The number of hydrogen-bond acceptors (Lipinski definition) is 4. The normalized spacial score (nSPS) is 27.5. The second-order valence-corrected chi connectivity index (χ2v) is 4.91. The lowest BCUT2D eigenvalue weighted by Crippen LogP contribution is -2.30. The lowest BCUT2D eigenvalue weighted by atomic mass is 9.86. The molecule has 2 atom stereocenters. The molecule has 0 spiro atoms. The van der Waals surface area contributed by atoms with Crippen LogP contribution in [0.15, 0.2) is 11.6 Å². The van der Waals surface area contributed by atoms with E-state index in [9.17, 15) is 0 Å². The number of aromatic nitrogens is 1. The Bertz CT molecular complexity index is 260. The molecular formula is C10H17N3S. The zero-order valence-corrected chi connectivity index (χ0v) is 9.09. The lowest BCUT2D eigenvalue weighted by Gasteiger charge is -2.26. The number of nitrogens with zero attached hydrogens (tertiary/aromatic N) is 1. The Morgan fingerprint density at radius 3 is 3.21 bits per heavy atom. The van der Waals surface area contributed by atoms with E-state index in [-0.39, 0.29) is 0 Å². The van der Waals surface area contributed by atoms with Crippen LogP contribution < -0.4 is 11.1 Å². The molecule has 1 aliphatic rings. The van der Waals surface area contributed by atoms with E-state index in [4.69, 9.17) is 5.73 Å². The van der Waals surface area contributed by atoms with Gasteiger partial charge < -0.3 is 11.1 Å². The Balaban J connectivity index is 1.75. The first-order valence-electron chi connectivity index (χ1n) is 5.23. The van der Waals surface area contributed by atoms with Crippen LogP contribution in [-0.2, 0) is 0 Å². The summed E-state index contributed by atoms with van der Waals surface area (Å²) in [5, 5.41) is 6.39. The molecule has 14 heavy (non-hydrogen) atoms. The van der Waals surface area contributed by atoms with Gasteiger partial charge in [-0.15, -0.1) is 11.3 Å². The average molecular weight is 211 g/mol. The monoisotopic (exact) mass is 211 g/mol. The standard InChI is InChI=1S/C10H17N3S/c11-9-3-1-2-8(6-9)7-13-10-12-4-5-14-10/h4-5,8-9H,1-3,6-7,11H2,(H,12,13). The van der Waals surface area contributed by atoms with Gasteiger partial charge >= 0.3 is 0 Å². The van der Waals surface area contributed by atoms with E-state index >= 15 is 0 Å². The number of nitrogens with two attached hydrogens (primary N) is 1. The molecule has 0 radical (unpaired) electrons. The molecule has 2 rings (SSSR count). The minimum atomic E-state index is 0.423. The first kappa shape index (κ1) is 9.93. The average Bonchev–Trinajstić information content (AvgIpc) is 2.67. The molecule has 4 heteroatoms. The minimum absolute atomic E-state index is 0.423. The van der Waals surface area contributed by atoms with E-state index in [1.165, 1.54) is 25.7 Å². The third kappa shape index (κ3) is 2.69. The van der Waals surface area contributed by atoms with Crippen molar-refractivity contribution in [2.75, 3.05) is 11.9 Å². The van der Waals surface area contributed by atoms with E-state index in [0.29, 0.717) is 6.04 Å². The highest BCUT2D eigenvalue weighted by atomic mass is 32.1. The van der Waals surface area contributed by atoms with Crippen LogP contribution in [0.3, 0.4) is 0 Å². The molecule has 0 amide bonds. The van der Waals surface area contributed by atoms with Crippen molar-refractivity contribution in [3.05, 3.63) is 11.6 Å². The minimum Gasteiger partial charge on any atom is -0.361 e. The summed E-state index contributed by atoms with van der Waals surface area (Å²) in [6.45, 7) is 1.03. The molecule has 0 aliphatic heterocycles. The predicted octanol–water partition coefficient (Wildman–Crippen LogP) is 2.07. The van der Waals surface area contributed by atoms with Crippen LogP contribution in [0.1, 0.15) is 25.7 Å². The number of nitrogens with one attached hydrogen (secondary N) is 1. The van der Waals surface area contributed by atoms with Gasteiger partial charge in [-0.1, -0.05) is 6.42 Å². The molecule has 78 valence electrons. The highest BCUT2D eigenvalue weighted by molar-refractivity contribution is 7.13. The maximum Gasteiger partial charge on any atom is 0.182 e. The van der Waals surface area contributed by atoms with Gasteiger partial charge in [0.2, 0.25) is 0 Å². The molecule has 1 aromatic rings. The summed E-state index contributed by atoms with van der Waals surface area (Å²) in [6, 6.07) is 0.423. The van der Waals surface area contributed by atoms with Crippen molar-refractivity contribution in [1.82, 2.24) is 4.98 Å². The van der Waals surface area contributed by atoms with E-state index in [2.05, 4.69) is 10.3 Å². The third-order valence-corrected chi connectivity index (χ3v) is 3.53. The van der Waals surface area contributed by atoms with Crippen LogP contribution in [0.5, 0.6) is 0 Å². The van der Waals surface area contributed by atoms with Crippen molar-refractivity contribution in [3.63, 3.8) is 0 Å². The molecule has 2 unspecified atom stereocenters. The van der Waals surface area contributed by atoms with Crippen LogP contribution in [0, 0.1) is 5.92 Å². The van der Waals surface area contributed by atoms with Crippen LogP contribution in [0.4, 0.5) is 5.13 Å². The van der Waals surface area contributed by atoms with Crippen molar-refractivity contribution in [2.45, 2.75) is 31.7 Å². The molecule has 1 aromatic heterocycles. The van der Waals surface area contributed by atoms with Gasteiger partial charge in [0, 0.05) is 24.2 Å². The van der Waals surface area contributed by atoms with Gasteiger partial charge in [-0.3, -0.25) is 0 Å². The zero-order chi connectivity index (χ0) is 9.80. The van der Waals surface area contributed by atoms with Crippen LogP contribution in [0.2, 0.25) is 0 Å². The largest absolute Gasteiger partial charge is 0.361 e. The summed E-state index contributed by atoms with van der Waals surface area (Å²) >= 11 is 1.66. The van der Waals surface area contributed by atoms with Gasteiger partial charge in [0.1, 0.15) is 0 Å². The second kappa shape index (κ2) is 4.75. The highest BCUT2D eigenvalue weighted by Gasteiger charge is 2.18. The van der Waals surface area contributed by atoms with Gasteiger partial charge in [0.15, 0.2) is 5.13 Å². The Morgan fingerprint density at radius 1 is 1.57 bits per heavy atom. The van der Waals surface area contributed by atoms with Gasteiger partial charge in [0.05, 0.1) is 0 Å². The fourth-order valence-corrected chi connectivity index (χ4v) is 2.60. The maximum absolute atomic E-state index is 5.93. The molecule has 0 saturated heterocycles. The van der Waals surface area contributed by atoms with Crippen molar-refractivity contribution in [3.8, 4) is 0 Å². The number of rotatable bonds is 3. The predicted molar refractivity (Wildman–Crippen MR) is 60.5 cm³/mol.